The molecule has 0 unspecified atom stereocenters. The van der Waals surface area contributed by atoms with Crippen molar-refractivity contribution in [3.63, 3.8) is 0 Å². The number of nitrogens with zero attached hydrogens (tertiary/aromatic N) is 2. The van der Waals surface area contributed by atoms with Crippen LogP contribution in [0.5, 0.6) is 0 Å². The van der Waals surface area contributed by atoms with E-state index < -0.39 is 11.7 Å². The van der Waals surface area contributed by atoms with Gasteiger partial charge in [0.05, 0.1) is 11.3 Å². The number of nitrogens with one attached hydrogen (secondary N) is 1. The van der Waals surface area contributed by atoms with E-state index in [1.807, 2.05) is 5.38 Å². The van der Waals surface area contributed by atoms with Gasteiger partial charge in [-0.05, 0) is 56.7 Å². The molecule has 1 amide bonds. The number of hydrogen-bond donors (Lipinski definition) is 1. The third-order valence-electron chi connectivity index (χ3n) is 6.85. The van der Waals surface area contributed by atoms with Crippen LogP contribution in [0.4, 0.5) is 18.9 Å². The van der Waals surface area contributed by atoms with Crippen LogP contribution in [0.25, 0.3) is 10.1 Å². The van der Waals surface area contributed by atoms with E-state index >= 15 is 0 Å². The van der Waals surface area contributed by atoms with Crippen LogP contribution >= 0.6 is 11.3 Å². The average molecular weight is 468 g/mol. The fraction of sp³-hybridized carbons (Fsp3) is 0.625. The number of fused-ring (bicyclic) bond motifs is 1. The number of carbonyl (C=O) groups excluding carboxylic acids is 1. The fourth-order valence-corrected chi connectivity index (χ4v) is 5.82. The Morgan fingerprint density at radius 1 is 1.12 bits per heavy atom. The first-order valence-electron chi connectivity index (χ1n) is 11.6. The SMILES string of the molecule is C[C@H]1CC[C@H](NC(=O)CCCN2CCN(c3csc4cc(C(F)(F)F)ccc34)CC2)CC1. The van der Waals surface area contributed by atoms with Crippen LogP contribution in [0.15, 0.2) is 23.6 Å². The van der Waals surface area contributed by atoms with E-state index in [9.17, 15) is 18.0 Å². The van der Waals surface area contributed by atoms with E-state index in [0.717, 1.165) is 69.0 Å². The minimum atomic E-state index is -4.31. The van der Waals surface area contributed by atoms with Crippen LogP contribution < -0.4 is 10.2 Å². The van der Waals surface area contributed by atoms with Crippen LogP contribution in [0, 0.1) is 5.92 Å². The molecule has 2 aliphatic rings. The normalized spacial score (nSPS) is 22.9. The summed E-state index contributed by atoms with van der Waals surface area (Å²) in [5.41, 5.74) is 0.435. The number of benzene rings is 1. The van der Waals surface area contributed by atoms with Crippen LogP contribution in [0.3, 0.4) is 0 Å². The van der Waals surface area contributed by atoms with Crippen molar-refractivity contribution in [2.45, 2.75) is 57.7 Å². The molecule has 1 saturated heterocycles. The number of hydrogen-bond acceptors (Lipinski definition) is 4. The zero-order chi connectivity index (χ0) is 22.7. The second-order valence-electron chi connectivity index (χ2n) is 9.29. The molecule has 0 spiro atoms. The second-order valence-corrected chi connectivity index (χ2v) is 10.2. The molecule has 8 heteroatoms. The van der Waals surface area contributed by atoms with Crippen molar-refractivity contribution in [3.05, 3.63) is 29.1 Å². The highest BCUT2D eigenvalue weighted by Crippen LogP contribution is 2.38. The van der Waals surface area contributed by atoms with Gasteiger partial charge in [-0.25, -0.2) is 0 Å². The van der Waals surface area contributed by atoms with Gasteiger partial charge in [-0.1, -0.05) is 13.0 Å². The Balaban J connectivity index is 1.21. The predicted molar refractivity (Wildman–Crippen MR) is 124 cm³/mol. The summed E-state index contributed by atoms with van der Waals surface area (Å²) in [6.45, 7) is 6.68. The molecule has 1 aliphatic carbocycles. The van der Waals surface area contributed by atoms with Crippen LogP contribution in [0.1, 0.15) is 51.0 Å². The number of thiophene rings is 1. The summed E-state index contributed by atoms with van der Waals surface area (Å²) >= 11 is 1.37. The lowest BCUT2D eigenvalue weighted by molar-refractivity contribution is -0.137. The fourth-order valence-electron chi connectivity index (χ4n) is 4.82. The zero-order valence-electron chi connectivity index (χ0n) is 18.6. The maximum absolute atomic E-state index is 13.0. The van der Waals surface area contributed by atoms with Crippen LogP contribution in [-0.4, -0.2) is 49.6 Å². The molecule has 32 heavy (non-hydrogen) atoms. The molecule has 1 saturated carbocycles. The summed E-state index contributed by atoms with van der Waals surface area (Å²) in [4.78, 5) is 16.9. The van der Waals surface area contributed by atoms with Gasteiger partial charge in [0, 0.05) is 54.1 Å². The second kappa shape index (κ2) is 10.00. The molecule has 0 radical (unpaired) electrons. The third kappa shape index (κ3) is 5.76. The summed E-state index contributed by atoms with van der Waals surface area (Å²) in [6, 6.07) is 4.38. The Bertz CT molecular complexity index is 913. The maximum atomic E-state index is 13.0. The lowest BCUT2D eigenvalue weighted by Crippen LogP contribution is -2.46. The standard InChI is InChI=1S/C24H32F3N3OS/c1-17-4-7-19(8-5-17)28-23(31)3-2-10-29-11-13-30(14-12-29)21-16-32-22-15-18(24(25,26)27)6-9-20(21)22/h6,9,15-17,19H,2-5,7-8,10-14H2,1H3,(H,28,31)/t17-,19-. The predicted octanol–water partition coefficient (Wildman–Crippen LogP) is 5.52. The Morgan fingerprint density at radius 2 is 1.84 bits per heavy atom. The van der Waals surface area contributed by atoms with Gasteiger partial charge in [-0.3, -0.25) is 9.69 Å². The van der Waals surface area contributed by atoms with Crippen molar-refractivity contribution in [1.29, 1.82) is 0 Å². The number of anilines is 1. The summed E-state index contributed by atoms with van der Waals surface area (Å²) in [6.07, 6.45) is 1.74. The lowest BCUT2D eigenvalue weighted by Gasteiger charge is -2.36. The molecule has 2 fully saturated rings. The van der Waals surface area contributed by atoms with E-state index in [4.69, 9.17) is 0 Å². The molecular weight excluding hydrogens is 435 g/mol. The molecule has 2 heterocycles. The van der Waals surface area contributed by atoms with Gasteiger partial charge in [-0.2, -0.15) is 13.2 Å². The quantitative estimate of drug-likeness (QED) is 0.608. The highest BCUT2D eigenvalue weighted by Gasteiger charge is 2.31. The summed E-state index contributed by atoms with van der Waals surface area (Å²) in [5, 5.41) is 6.06. The maximum Gasteiger partial charge on any atom is 0.416 e. The Morgan fingerprint density at radius 3 is 2.53 bits per heavy atom. The smallest absolute Gasteiger partial charge is 0.368 e. The molecule has 4 rings (SSSR count). The first-order valence-corrected chi connectivity index (χ1v) is 12.5. The topological polar surface area (TPSA) is 35.6 Å². The van der Waals surface area contributed by atoms with Crippen LogP contribution in [0.2, 0.25) is 0 Å². The summed E-state index contributed by atoms with van der Waals surface area (Å²) in [5.74, 6) is 0.956. The van der Waals surface area contributed by atoms with Gasteiger partial charge in [0.2, 0.25) is 5.91 Å². The van der Waals surface area contributed by atoms with Gasteiger partial charge in [0.15, 0.2) is 0 Å². The third-order valence-corrected chi connectivity index (χ3v) is 7.79. The zero-order valence-corrected chi connectivity index (χ0v) is 19.4. The molecule has 1 N–H and O–H groups in total. The number of alkyl halides is 3. The molecule has 2 aromatic rings. The van der Waals surface area contributed by atoms with Crippen LogP contribution in [-0.2, 0) is 11.0 Å². The molecule has 1 aliphatic heterocycles. The van der Waals surface area contributed by atoms with Crippen molar-refractivity contribution in [3.8, 4) is 0 Å². The molecule has 0 bridgehead atoms. The van der Waals surface area contributed by atoms with Gasteiger partial charge in [0.25, 0.3) is 0 Å². The van der Waals surface area contributed by atoms with Gasteiger partial charge in [0.1, 0.15) is 0 Å². The van der Waals surface area contributed by atoms with Crippen molar-refractivity contribution in [1.82, 2.24) is 10.2 Å². The lowest BCUT2D eigenvalue weighted by atomic mass is 9.87. The number of carbonyl (C=O) groups is 1. The Hall–Kier alpha value is -1.80. The molecular formula is C24H32F3N3OS. The highest BCUT2D eigenvalue weighted by molar-refractivity contribution is 7.17. The van der Waals surface area contributed by atoms with E-state index in [-0.39, 0.29) is 5.91 Å². The first-order chi connectivity index (χ1) is 15.3. The number of rotatable bonds is 6. The van der Waals surface area contributed by atoms with Crippen molar-refractivity contribution in [2.24, 2.45) is 5.92 Å². The molecule has 1 aromatic carbocycles. The molecule has 0 atom stereocenters. The first kappa shape index (κ1) is 23.4. The van der Waals surface area contributed by atoms with Gasteiger partial charge in [-0.15, -0.1) is 11.3 Å². The van der Waals surface area contributed by atoms with E-state index in [0.29, 0.717) is 17.2 Å². The van der Waals surface area contributed by atoms with Gasteiger partial charge < -0.3 is 10.2 Å². The summed E-state index contributed by atoms with van der Waals surface area (Å²) < 4.78 is 39.6. The Kier molecular flexibility index (Phi) is 7.30. The Labute approximate surface area is 191 Å². The average Bonchev–Trinajstić information content (AvgIpc) is 3.19. The minimum absolute atomic E-state index is 0.172. The van der Waals surface area contributed by atoms with Crippen molar-refractivity contribution >= 4 is 33.0 Å². The molecule has 176 valence electrons. The largest absolute Gasteiger partial charge is 0.416 e. The van der Waals surface area contributed by atoms with Gasteiger partial charge >= 0.3 is 6.18 Å². The number of halogens is 3. The van der Waals surface area contributed by atoms with E-state index in [2.05, 4.69) is 22.0 Å². The van der Waals surface area contributed by atoms with Crippen molar-refractivity contribution in [2.75, 3.05) is 37.6 Å². The number of amides is 1. The van der Waals surface area contributed by atoms with Crippen molar-refractivity contribution < 1.29 is 18.0 Å². The summed E-state index contributed by atoms with van der Waals surface area (Å²) in [7, 11) is 0. The highest BCUT2D eigenvalue weighted by atomic mass is 32.1. The van der Waals surface area contributed by atoms with E-state index in [1.54, 1.807) is 6.07 Å². The van der Waals surface area contributed by atoms with E-state index in [1.165, 1.54) is 36.3 Å². The monoisotopic (exact) mass is 467 g/mol. The number of piperazine rings is 1. The molecule has 1 aromatic heterocycles. The minimum Gasteiger partial charge on any atom is -0.368 e. The molecule has 4 nitrogen and oxygen atoms in total.